The Morgan fingerprint density at radius 1 is 1.23 bits per heavy atom. The van der Waals surface area contributed by atoms with E-state index in [0.29, 0.717) is 6.54 Å². The second kappa shape index (κ2) is 3.83. The highest BCUT2D eigenvalue weighted by molar-refractivity contribution is 5.25. The first kappa shape index (κ1) is 10.1. The van der Waals surface area contributed by atoms with Crippen molar-refractivity contribution in [1.29, 1.82) is 0 Å². The molecule has 0 aromatic heterocycles. The Morgan fingerprint density at radius 3 is 2.15 bits per heavy atom. The van der Waals surface area contributed by atoms with Crippen LogP contribution in [0.2, 0.25) is 0 Å². The van der Waals surface area contributed by atoms with E-state index in [-0.39, 0.29) is 12.0 Å². The van der Waals surface area contributed by atoms with E-state index in [9.17, 15) is 8.78 Å². The lowest BCUT2D eigenvalue weighted by Gasteiger charge is -2.14. The van der Waals surface area contributed by atoms with Gasteiger partial charge in [0.1, 0.15) is 0 Å². The largest absolute Gasteiger partial charge is 0.326 e. The number of hydrogen-bond acceptors (Lipinski definition) is 1. The van der Waals surface area contributed by atoms with Crippen molar-refractivity contribution in [3.63, 3.8) is 0 Å². The summed E-state index contributed by atoms with van der Waals surface area (Å²) in [6, 6.07) is 6.15. The Labute approximate surface area is 76.6 Å². The first-order valence-electron chi connectivity index (χ1n) is 4.27. The summed E-state index contributed by atoms with van der Waals surface area (Å²) in [4.78, 5) is 0. The molecule has 0 atom stereocenters. The SMILES string of the molecule is CCC(F)(F)c1ccc(CN)cc1. The Morgan fingerprint density at radius 2 is 1.77 bits per heavy atom. The molecule has 0 fully saturated rings. The molecule has 0 aliphatic heterocycles. The van der Waals surface area contributed by atoms with Gasteiger partial charge in [-0.2, -0.15) is 0 Å². The predicted octanol–water partition coefficient (Wildman–Crippen LogP) is 2.65. The fourth-order valence-electron chi connectivity index (χ4n) is 1.09. The van der Waals surface area contributed by atoms with Crippen molar-refractivity contribution in [2.24, 2.45) is 5.73 Å². The molecule has 0 heterocycles. The molecule has 13 heavy (non-hydrogen) atoms. The molecule has 3 heteroatoms. The second-order valence-electron chi connectivity index (χ2n) is 2.96. The Kier molecular flexibility index (Phi) is 2.98. The number of halogens is 2. The van der Waals surface area contributed by atoms with Crippen molar-refractivity contribution in [1.82, 2.24) is 0 Å². The van der Waals surface area contributed by atoms with Crippen molar-refractivity contribution < 1.29 is 8.78 Å². The van der Waals surface area contributed by atoms with E-state index in [4.69, 9.17) is 5.73 Å². The highest BCUT2D eigenvalue weighted by Crippen LogP contribution is 2.30. The van der Waals surface area contributed by atoms with Gasteiger partial charge < -0.3 is 5.73 Å². The van der Waals surface area contributed by atoms with Crippen LogP contribution in [0.1, 0.15) is 24.5 Å². The standard InChI is InChI=1S/C10H13F2N/c1-2-10(11,12)9-5-3-8(7-13)4-6-9/h3-6H,2,7,13H2,1H3. The Hall–Kier alpha value is -0.960. The maximum Gasteiger partial charge on any atom is 0.273 e. The van der Waals surface area contributed by atoms with Crippen LogP contribution >= 0.6 is 0 Å². The maximum atomic E-state index is 13.1. The summed E-state index contributed by atoms with van der Waals surface area (Å²) >= 11 is 0. The first-order valence-corrected chi connectivity index (χ1v) is 4.27. The zero-order valence-corrected chi connectivity index (χ0v) is 7.56. The molecule has 0 unspecified atom stereocenters. The third-order valence-corrected chi connectivity index (χ3v) is 2.06. The average molecular weight is 185 g/mol. The number of rotatable bonds is 3. The van der Waals surface area contributed by atoms with E-state index in [1.165, 1.54) is 19.1 Å². The molecule has 0 saturated heterocycles. The quantitative estimate of drug-likeness (QED) is 0.769. The van der Waals surface area contributed by atoms with Crippen LogP contribution in [0.5, 0.6) is 0 Å². The minimum absolute atomic E-state index is 0.0622. The average Bonchev–Trinajstić information content (AvgIpc) is 2.18. The van der Waals surface area contributed by atoms with Gasteiger partial charge in [0.25, 0.3) is 5.92 Å². The molecule has 1 nitrogen and oxygen atoms in total. The molecule has 1 aromatic carbocycles. The molecule has 1 aromatic rings. The second-order valence-corrected chi connectivity index (χ2v) is 2.96. The molecular weight excluding hydrogens is 172 g/mol. The zero-order chi connectivity index (χ0) is 9.90. The molecule has 0 saturated carbocycles. The van der Waals surface area contributed by atoms with Crippen LogP contribution in [0.15, 0.2) is 24.3 Å². The molecule has 0 spiro atoms. The number of hydrogen-bond donors (Lipinski definition) is 1. The number of alkyl halides is 2. The van der Waals surface area contributed by atoms with Gasteiger partial charge in [-0.15, -0.1) is 0 Å². The topological polar surface area (TPSA) is 26.0 Å². The summed E-state index contributed by atoms with van der Waals surface area (Å²) in [6.07, 6.45) is -0.172. The van der Waals surface area contributed by atoms with Gasteiger partial charge in [0.15, 0.2) is 0 Å². The Balaban J connectivity index is 2.92. The summed E-state index contributed by atoms with van der Waals surface area (Å²) in [5, 5.41) is 0. The summed E-state index contributed by atoms with van der Waals surface area (Å²) < 4.78 is 26.2. The van der Waals surface area contributed by atoms with Crippen LogP contribution in [-0.4, -0.2) is 0 Å². The van der Waals surface area contributed by atoms with Crippen LogP contribution in [0, 0.1) is 0 Å². The normalized spacial score (nSPS) is 11.7. The van der Waals surface area contributed by atoms with Crippen LogP contribution in [0.25, 0.3) is 0 Å². The van der Waals surface area contributed by atoms with Gasteiger partial charge in [-0.25, -0.2) is 8.78 Å². The van der Waals surface area contributed by atoms with E-state index < -0.39 is 5.92 Å². The first-order chi connectivity index (χ1) is 6.10. The van der Waals surface area contributed by atoms with Crippen molar-refractivity contribution >= 4 is 0 Å². The molecule has 0 radical (unpaired) electrons. The lowest BCUT2D eigenvalue weighted by atomic mass is 10.0. The molecule has 0 bridgehead atoms. The van der Waals surface area contributed by atoms with Crippen LogP contribution in [0.3, 0.4) is 0 Å². The van der Waals surface area contributed by atoms with E-state index in [2.05, 4.69) is 0 Å². The number of benzene rings is 1. The Bertz CT molecular complexity index is 267. The van der Waals surface area contributed by atoms with Crippen LogP contribution in [0.4, 0.5) is 8.78 Å². The minimum Gasteiger partial charge on any atom is -0.326 e. The van der Waals surface area contributed by atoms with Crippen molar-refractivity contribution in [2.45, 2.75) is 25.8 Å². The van der Waals surface area contributed by atoms with E-state index in [1.807, 2.05) is 0 Å². The fourth-order valence-corrected chi connectivity index (χ4v) is 1.09. The third-order valence-electron chi connectivity index (χ3n) is 2.06. The van der Waals surface area contributed by atoms with Gasteiger partial charge in [-0.1, -0.05) is 31.2 Å². The smallest absolute Gasteiger partial charge is 0.273 e. The van der Waals surface area contributed by atoms with Gasteiger partial charge >= 0.3 is 0 Å². The van der Waals surface area contributed by atoms with E-state index in [0.717, 1.165) is 5.56 Å². The number of nitrogens with two attached hydrogens (primary N) is 1. The van der Waals surface area contributed by atoms with E-state index >= 15 is 0 Å². The van der Waals surface area contributed by atoms with E-state index in [1.54, 1.807) is 12.1 Å². The molecule has 0 aliphatic rings. The fraction of sp³-hybridized carbons (Fsp3) is 0.400. The van der Waals surface area contributed by atoms with Crippen molar-refractivity contribution in [3.8, 4) is 0 Å². The van der Waals surface area contributed by atoms with Gasteiger partial charge in [-0.3, -0.25) is 0 Å². The lowest BCUT2D eigenvalue weighted by molar-refractivity contribution is -0.00829. The maximum absolute atomic E-state index is 13.1. The zero-order valence-electron chi connectivity index (χ0n) is 7.56. The molecule has 0 aliphatic carbocycles. The summed E-state index contributed by atoms with van der Waals surface area (Å²) in [5.41, 5.74) is 6.29. The highest BCUT2D eigenvalue weighted by Gasteiger charge is 2.28. The monoisotopic (exact) mass is 185 g/mol. The summed E-state index contributed by atoms with van der Waals surface area (Å²) in [7, 11) is 0. The summed E-state index contributed by atoms with van der Waals surface area (Å²) in [5.74, 6) is -2.72. The van der Waals surface area contributed by atoms with Gasteiger partial charge in [0.05, 0.1) is 0 Å². The molecule has 0 amide bonds. The highest BCUT2D eigenvalue weighted by atomic mass is 19.3. The molecular formula is C10H13F2N. The van der Waals surface area contributed by atoms with Gasteiger partial charge in [0, 0.05) is 18.5 Å². The molecule has 72 valence electrons. The predicted molar refractivity (Wildman–Crippen MR) is 48.5 cm³/mol. The molecule has 1 rings (SSSR count). The van der Waals surface area contributed by atoms with Gasteiger partial charge in [0.2, 0.25) is 0 Å². The van der Waals surface area contributed by atoms with Crippen molar-refractivity contribution in [3.05, 3.63) is 35.4 Å². The minimum atomic E-state index is -2.72. The van der Waals surface area contributed by atoms with Crippen molar-refractivity contribution in [2.75, 3.05) is 0 Å². The lowest BCUT2D eigenvalue weighted by Crippen LogP contribution is -2.11. The third kappa shape index (κ3) is 2.25. The van der Waals surface area contributed by atoms with Gasteiger partial charge in [-0.05, 0) is 5.56 Å². The van der Waals surface area contributed by atoms with Crippen LogP contribution < -0.4 is 5.73 Å². The molecule has 2 N–H and O–H groups in total. The summed E-state index contributed by atoms with van der Waals surface area (Å²) in [6.45, 7) is 1.86. The van der Waals surface area contributed by atoms with Crippen LogP contribution in [-0.2, 0) is 12.5 Å².